The number of nitrogens with zero attached hydrogens (tertiary/aromatic N) is 1. The zero-order chi connectivity index (χ0) is 13.6. The van der Waals surface area contributed by atoms with E-state index in [0.29, 0.717) is 18.6 Å². The standard InChI is InChI=1S/C15H21NO2S/c1-9-5-14(10(2)19-9)15(18)8-16-11-3-4-12(16)7-13(17)6-11/h5,11-13,17H,3-4,6-8H2,1-2H3. The van der Waals surface area contributed by atoms with Gasteiger partial charge in [0.25, 0.3) is 0 Å². The molecule has 2 saturated heterocycles. The second-order valence-corrected chi connectivity index (χ2v) is 7.39. The first kappa shape index (κ1) is 13.3. The number of hydrogen-bond donors (Lipinski definition) is 1. The lowest BCUT2D eigenvalue weighted by Gasteiger charge is -2.36. The monoisotopic (exact) mass is 279 g/mol. The summed E-state index contributed by atoms with van der Waals surface area (Å²) in [5.74, 6) is 0.245. The minimum absolute atomic E-state index is 0.158. The number of ketones is 1. The maximum absolute atomic E-state index is 12.4. The Balaban J connectivity index is 1.72. The number of rotatable bonds is 3. The average molecular weight is 279 g/mol. The third kappa shape index (κ3) is 2.49. The van der Waals surface area contributed by atoms with Crippen molar-refractivity contribution in [1.29, 1.82) is 0 Å². The van der Waals surface area contributed by atoms with Gasteiger partial charge in [-0.15, -0.1) is 11.3 Å². The summed E-state index contributed by atoms with van der Waals surface area (Å²) < 4.78 is 0. The molecule has 0 radical (unpaired) electrons. The third-order valence-corrected chi connectivity index (χ3v) is 5.49. The molecule has 3 rings (SSSR count). The van der Waals surface area contributed by atoms with E-state index in [-0.39, 0.29) is 11.9 Å². The van der Waals surface area contributed by atoms with E-state index in [1.54, 1.807) is 11.3 Å². The highest BCUT2D eigenvalue weighted by Gasteiger charge is 2.40. The Morgan fingerprint density at radius 3 is 2.53 bits per heavy atom. The molecule has 19 heavy (non-hydrogen) atoms. The van der Waals surface area contributed by atoms with E-state index >= 15 is 0 Å². The molecule has 0 aromatic carbocycles. The van der Waals surface area contributed by atoms with E-state index in [4.69, 9.17) is 0 Å². The molecule has 1 aromatic rings. The molecule has 2 aliphatic rings. The minimum atomic E-state index is -0.158. The molecule has 3 nitrogen and oxygen atoms in total. The molecule has 2 aliphatic heterocycles. The lowest BCUT2D eigenvalue weighted by atomic mass is 9.99. The van der Waals surface area contributed by atoms with Crippen molar-refractivity contribution in [2.45, 2.75) is 57.7 Å². The number of carbonyl (C=O) groups excluding carboxylic acids is 1. The summed E-state index contributed by atoms with van der Waals surface area (Å²) in [7, 11) is 0. The van der Waals surface area contributed by atoms with Crippen LogP contribution in [0, 0.1) is 13.8 Å². The van der Waals surface area contributed by atoms with Crippen molar-refractivity contribution in [2.75, 3.05) is 6.54 Å². The number of thiophene rings is 1. The van der Waals surface area contributed by atoms with Crippen molar-refractivity contribution in [3.05, 3.63) is 21.4 Å². The molecule has 0 saturated carbocycles. The fourth-order valence-electron chi connectivity index (χ4n) is 3.66. The normalized spacial score (nSPS) is 30.8. The second kappa shape index (κ2) is 5.00. The Labute approximate surface area is 118 Å². The van der Waals surface area contributed by atoms with Crippen molar-refractivity contribution in [1.82, 2.24) is 4.90 Å². The number of aryl methyl sites for hydroxylation is 2. The molecule has 2 fully saturated rings. The van der Waals surface area contributed by atoms with Crippen LogP contribution in [0.25, 0.3) is 0 Å². The van der Waals surface area contributed by atoms with Crippen LogP contribution in [0.2, 0.25) is 0 Å². The smallest absolute Gasteiger partial charge is 0.177 e. The maximum atomic E-state index is 12.4. The van der Waals surface area contributed by atoms with Crippen molar-refractivity contribution < 1.29 is 9.90 Å². The van der Waals surface area contributed by atoms with E-state index in [1.807, 2.05) is 13.0 Å². The van der Waals surface area contributed by atoms with Gasteiger partial charge in [0.1, 0.15) is 0 Å². The fourth-order valence-corrected chi connectivity index (χ4v) is 4.60. The molecule has 3 heterocycles. The molecule has 1 aromatic heterocycles. The van der Waals surface area contributed by atoms with Gasteiger partial charge in [0, 0.05) is 27.4 Å². The van der Waals surface area contributed by atoms with Crippen LogP contribution in [-0.2, 0) is 0 Å². The third-order valence-electron chi connectivity index (χ3n) is 4.53. The number of piperidine rings is 1. The Bertz CT molecular complexity index is 482. The molecule has 0 amide bonds. The molecule has 104 valence electrons. The number of Topliss-reactive ketones (excluding diaryl/α,β-unsaturated/α-hetero) is 1. The fraction of sp³-hybridized carbons (Fsp3) is 0.667. The van der Waals surface area contributed by atoms with E-state index in [0.717, 1.165) is 36.1 Å². The van der Waals surface area contributed by atoms with Gasteiger partial charge in [-0.2, -0.15) is 0 Å². The molecule has 0 spiro atoms. The van der Waals surface area contributed by atoms with Gasteiger partial charge in [0.15, 0.2) is 5.78 Å². The Morgan fingerprint density at radius 1 is 1.37 bits per heavy atom. The summed E-state index contributed by atoms with van der Waals surface area (Å²) in [5, 5.41) is 9.80. The van der Waals surface area contributed by atoms with Gasteiger partial charge in [-0.05, 0) is 45.6 Å². The Kier molecular flexibility index (Phi) is 3.50. The van der Waals surface area contributed by atoms with Gasteiger partial charge in [-0.3, -0.25) is 9.69 Å². The summed E-state index contributed by atoms with van der Waals surface area (Å²) in [6, 6.07) is 2.85. The quantitative estimate of drug-likeness (QED) is 0.864. The lowest BCUT2D eigenvalue weighted by Crippen LogP contribution is -2.46. The number of fused-ring (bicyclic) bond motifs is 2. The molecule has 4 heteroatoms. The van der Waals surface area contributed by atoms with Crippen molar-refractivity contribution in [3.63, 3.8) is 0 Å². The average Bonchev–Trinajstić information content (AvgIpc) is 2.78. The van der Waals surface area contributed by atoms with Crippen molar-refractivity contribution in [3.8, 4) is 0 Å². The molecule has 1 N–H and O–H groups in total. The first-order valence-corrected chi connectivity index (χ1v) is 7.90. The summed E-state index contributed by atoms with van der Waals surface area (Å²) in [6.07, 6.45) is 3.79. The van der Waals surface area contributed by atoms with Crippen LogP contribution in [0.5, 0.6) is 0 Å². The molecule has 0 aliphatic carbocycles. The van der Waals surface area contributed by atoms with Gasteiger partial charge in [-0.1, -0.05) is 0 Å². The number of carbonyl (C=O) groups is 1. The van der Waals surface area contributed by atoms with Crippen molar-refractivity contribution >= 4 is 17.1 Å². The molecular formula is C15H21NO2S. The van der Waals surface area contributed by atoms with E-state index in [9.17, 15) is 9.90 Å². The van der Waals surface area contributed by atoms with Gasteiger partial charge in [0.2, 0.25) is 0 Å². The summed E-state index contributed by atoms with van der Waals surface area (Å²) >= 11 is 1.70. The van der Waals surface area contributed by atoms with E-state index < -0.39 is 0 Å². The highest BCUT2D eigenvalue weighted by molar-refractivity contribution is 7.12. The predicted molar refractivity (Wildman–Crippen MR) is 76.9 cm³/mol. The van der Waals surface area contributed by atoms with Crippen LogP contribution in [0.15, 0.2) is 6.07 Å². The first-order chi connectivity index (χ1) is 9.04. The summed E-state index contributed by atoms with van der Waals surface area (Å²) in [6.45, 7) is 4.61. The van der Waals surface area contributed by atoms with E-state index in [1.165, 1.54) is 4.88 Å². The van der Waals surface area contributed by atoms with Crippen LogP contribution in [0.1, 0.15) is 45.8 Å². The van der Waals surface area contributed by atoms with Crippen LogP contribution < -0.4 is 0 Å². The van der Waals surface area contributed by atoms with Crippen LogP contribution >= 0.6 is 11.3 Å². The second-order valence-electron chi connectivity index (χ2n) is 5.93. The van der Waals surface area contributed by atoms with Crippen LogP contribution in [-0.4, -0.2) is 40.5 Å². The van der Waals surface area contributed by atoms with E-state index in [2.05, 4.69) is 11.8 Å². The number of aliphatic hydroxyl groups is 1. The molecule has 2 atom stereocenters. The van der Waals surface area contributed by atoms with Gasteiger partial charge < -0.3 is 5.11 Å². The zero-order valence-electron chi connectivity index (χ0n) is 11.6. The molecule has 2 bridgehead atoms. The van der Waals surface area contributed by atoms with Crippen LogP contribution in [0.4, 0.5) is 0 Å². The maximum Gasteiger partial charge on any atom is 0.177 e. The highest BCUT2D eigenvalue weighted by Crippen LogP contribution is 2.36. The summed E-state index contributed by atoms with van der Waals surface area (Å²) in [5.41, 5.74) is 0.896. The largest absolute Gasteiger partial charge is 0.393 e. The zero-order valence-corrected chi connectivity index (χ0v) is 12.4. The molecule has 2 unspecified atom stereocenters. The highest BCUT2D eigenvalue weighted by atomic mass is 32.1. The van der Waals surface area contributed by atoms with Gasteiger partial charge in [-0.25, -0.2) is 0 Å². The molecular weight excluding hydrogens is 258 g/mol. The summed E-state index contributed by atoms with van der Waals surface area (Å²) in [4.78, 5) is 17.1. The van der Waals surface area contributed by atoms with Gasteiger partial charge in [0.05, 0.1) is 12.6 Å². The predicted octanol–water partition coefficient (Wildman–Crippen LogP) is 2.54. The first-order valence-electron chi connectivity index (χ1n) is 7.08. The van der Waals surface area contributed by atoms with Crippen LogP contribution in [0.3, 0.4) is 0 Å². The number of aliphatic hydroxyl groups excluding tert-OH is 1. The Hall–Kier alpha value is -0.710. The van der Waals surface area contributed by atoms with Gasteiger partial charge >= 0.3 is 0 Å². The SMILES string of the molecule is Cc1cc(C(=O)CN2C3CCC2CC(O)C3)c(C)s1. The number of hydrogen-bond acceptors (Lipinski definition) is 4. The Morgan fingerprint density at radius 2 is 2.00 bits per heavy atom. The van der Waals surface area contributed by atoms with Crippen molar-refractivity contribution in [2.24, 2.45) is 0 Å². The lowest BCUT2D eigenvalue weighted by molar-refractivity contribution is 0.0344. The minimum Gasteiger partial charge on any atom is -0.393 e. The topological polar surface area (TPSA) is 40.5 Å².